The largest absolute Gasteiger partial charge is 0.381 e. The molecule has 0 saturated heterocycles. The van der Waals surface area contributed by atoms with Crippen LogP contribution in [0.4, 0.5) is 10.1 Å². The maximum atomic E-state index is 13.2. The molecule has 1 aliphatic carbocycles. The lowest BCUT2D eigenvalue weighted by molar-refractivity contribution is 0.621. The molecule has 2 unspecified atom stereocenters. The van der Waals surface area contributed by atoms with E-state index in [1.807, 2.05) is 6.07 Å². The Kier molecular flexibility index (Phi) is 3.07. The first-order chi connectivity index (χ1) is 7.69. The maximum absolute atomic E-state index is 13.2. The third-order valence-corrected chi connectivity index (χ3v) is 2.95. The Bertz CT molecular complexity index is 425. The average molecular weight is 219 g/mol. The molecule has 0 heterocycles. The van der Waals surface area contributed by atoms with Gasteiger partial charge < -0.3 is 11.1 Å². The number of nitrogens with two attached hydrogens (primary N) is 1. The van der Waals surface area contributed by atoms with Crippen molar-refractivity contribution in [3.8, 4) is 6.07 Å². The number of rotatable bonds is 2. The molecule has 1 aromatic carbocycles. The first-order valence-corrected chi connectivity index (χ1v) is 5.42. The topological polar surface area (TPSA) is 61.8 Å². The van der Waals surface area contributed by atoms with Gasteiger partial charge in [0.1, 0.15) is 5.82 Å². The predicted octanol–water partition coefficient (Wildman–Crippen LogP) is 1.99. The van der Waals surface area contributed by atoms with Crippen LogP contribution in [0.25, 0.3) is 0 Å². The Balaban J connectivity index is 2.15. The van der Waals surface area contributed by atoms with Gasteiger partial charge in [-0.3, -0.25) is 0 Å². The predicted molar refractivity (Wildman–Crippen MR) is 60.4 cm³/mol. The van der Waals surface area contributed by atoms with Crippen molar-refractivity contribution < 1.29 is 4.39 Å². The summed E-state index contributed by atoms with van der Waals surface area (Å²) in [6, 6.07) is 6.50. The lowest BCUT2D eigenvalue weighted by Gasteiger charge is -2.18. The van der Waals surface area contributed by atoms with E-state index in [1.54, 1.807) is 6.07 Å². The lowest BCUT2D eigenvalue weighted by Crippen LogP contribution is -2.35. The number of halogens is 1. The highest BCUT2D eigenvalue weighted by atomic mass is 19.1. The van der Waals surface area contributed by atoms with E-state index in [1.165, 1.54) is 12.1 Å². The summed E-state index contributed by atoms with van der Waals surface area (Å²) < 4.78 is 13.2. The van der Waals surface area contributed by atoms with Gasteiger partial charge >= 0.3 is 0 Å². The molecule has 4 heteroatoms. The summed E-state index contributed by atoms with van der Waals surface area (Å²) in [5.74, 6) is -0.395. The highest BCUT2D eigenvalue weighted by molar-refractivity contribution is 5.50. The van der Waals surface area contributed by atoms with Crippen LogP contribution < -0.4 is 11.1 Å². The van der Waals surface area contributed by atoms with Crippen LogP contribution in [-0.4, -0.2) is 12.1 Å². The molecule has 1 aliphatic rings. The van der Waals surface area contributed by atoms with Crippen LogP contribution >= 0.6 is 0 Å². The summed E-state index contributed by atoms with van der Waals surface area (Å²) in [4.78, 5) is 0. The number of anilines is 1. The first kappa shape index (κ1) is 10.9. The molecule has 1 saturated carbocycles. The monoisotopic (exact) mass is 219 g/mol. The number of hydrogen-bond acceptors (Lipinski definition) is 3. The number of benzene rings is 1. The second-order valence-corrected chi connectivity index (χ2v) is 4.19. The normalized spacial score (nSPS) is 24.1. The van der Waals surface area contributed by atoms with Crippen LogP contribution in [0.1, 0.15) is 24.8 Å². The number of hydrogen-bond donors (Lipinski definition) is 2. The third-order valence-electron chi connectivity index (χ3n) is 2.95. The minimum Gasteiger partial charge on any atom is -0.381 e. The summed E-state index contributed by atoms with van der Waals surface area (Å²) in [6.45, 7) is 0. The van der Waals surface area contributed by atoms with Gasteiger partial charge in [0.15, 0.2) is 0 Å². The quantitative estimate of drug-likeness (QED) is 0.799. The Morgan fingerprint density at radius 2 is 2.19 bits per heavy atom. The van der Waals surface area contributed by atoms with E-state index < -0.39 is 5.82 Å². The van der Waals surface area contributed by atoms with E-state index in [0.29, 0.717) is 11.3 Å². The van der Waals surface area contributed by atoms with Crippen LogP contribution in [-0.2, 0) is 0 Å². The van der Waals surface area contributed by atoms with Crippen molar-refractivity contribution in [2.75, 3.05) is 5.32 Å². The SMILES string of the molecule is N#Cc1cc(F)cc(NC2CCCC2N)c1. The number of nitrogens with zero attached hydrogens (tertiary/aromatic N) is 1. The molecule has 2 rings (SSSR count). The molecular weight excluding hydrogens is 205 g/mol. The van der Waals surface area contributed by atoms with E-state index in [9.17, 15) is 4.39 Å². The summed E-state index contributed by atoms with van der Waals surface area (Å²) in [5, 5.41) is 11.9. The zero-order valence-electron chi connectivity index (χ0n) is 8.91. The van der Waals surface area contributed by atoms with Gasteiger partial charge in [-0.05, 0) is 37.5 Å². The Labute approximate surface area is 94.1 Å². The smallest absolute Gasteiger partial charge is 0.126 e. The molecule has 0 bridgehead atoms. The molecule has 84 valence electrons. The molecule has 0 aromatic heterocycles. The Morgan fingerprint density at radius 1 is 1.38 bits per heavy atom. The number of nitrogens with one attached hydrogen (secondary N) is 1. The molecule has 3 nitrogen and oxygen atoms in total. The van der Waals surface area contributed by atoms with Gasteiger partial charge in [-0.25, -0.2) is 4.39 Å². The van der Waals surface area contributed by atoms with Gasteiger partial charge in [-0.1, -0.05) is 0 Å². The first-order valence-electron chi connectivity index (χ1n) is 5.42. The lowest BCUT2D eigenvalue weighted by atomic mass is 10.1. The molecule has 0 radical (unpaired) electrons. The van der Waals surface area contributed by atoms with Crippen LogP contribution in [0.5, 0.6) is 0 Å². The Hall–Kier alpha value is -1.60. The van der Waals surface area contributed by atoms with Crippen molar-refractivity contribution in [2.45, 2.75) is 31.3 Å². The fourth-order valence-electron chi connectivity index (χ4n) is 2.12. The van der Waals surface area contributed by atoms with Gasteiger partial charge in [0.25, 0.3) is 0 Å². The minimum absolute atomic E-state index is 0.119. The molecule has 0 spiro atoms. The highest BCUT2D eigenvalue weighted by Gasteiger charge is 2.23. The fraction of sp³-hybridized carbons (Fsp3) is 0.417. The van der Waals surface area contributed by atoms with Crippen molar-refractivity contribution in [3.05, 3.63) is 29.6 Å². The summed E-state index contributed by atoms with van der Waals surface area (Å²) >= 11 is 0. The van der Waals surface area contributed by atoms with Gasteiger partial charge in [-0.15, -0.1) is 0 Å². The van der Waals surface area contributed by atoms with Crippen molar-refractivity contribution >= 4 is 5.69 Å². The van der Waals surface area contributed by atoms with Crippen molar-refractivity contribution in [3.63, 3.8) is 0 Å². The zero-order valence-corrected chi connectivity index (χ0v) is 8.91. The van der Waals surface area contributed by atoms with E-state index in [-0.39, 0.29) is 12.1 Å². The standard InChI is InChI=1S/C12H14FN3/c13-9-4-8(7-14)5-10(6-9)16-12-3-1-2-11(12)15/h4-6,11-12,16H,1-3,15H2. The molecular formula is C12H14FN3. The van der Waals surface area contributed by atoms with Crippen LogP contribution in [0.3, 0.4) is 0 Å². The molecule has 1 aromatic rings. The number of nitriles is 1. The van der Waals surface area contributed by atoms with Gasteiger partial charge in [0.2, 0.25) is 0 Å². The van der Waals surface area contributed by atoms with Gasteiger partial charge in [0, 0.05) is 17.8 Å². The summed E-state index contributed by atoms with van der Waals surface area (Å²) in [6.07, 6.45) is 3.09. The molecule has 3 N–H and O–H groups in total. The second-order valence-electron chi connectivity index (χ2n) is 4.19. The maximum Gasteiger partial charge on any atom is 0.126 e. The minimum atomic E-state index is -0.395. The van der Waals surface area contributed by atoms with E-state index >= 15 is 0 Å². The molecule has 0 aliphatic heterocycles. The molecule has 2 atom stereocenters. The van der Waals surface area contributed by atoms with Crippen LogP contribution in [0.15, 0.2) is 18.2 Å². The summed E-state index contributed by atoms with van der Waals surface area (Å²) in [7, 11) is 0. The van der Waals surface area contributed by atoms with Crippen molar-refractivity contribution in [1.29, 1.82) is 5.26 Å². The van der Waals surface area contributed by atoms with Crippen molar-refractivity contribution in [1.82, 2.24) is 0 Å². The van der Waals surface area contributed by atoms with Gasteiger partial charge in [-0.2, -0.15) is 5.26 Å². The van der Waals surface area contributed by atoms with E-state index in [4.69, 9.17) is 11.0 Å². The van der Waals surface area contributed by atoms with E-state index in [2.05, 4.69) is 5.32 Å². The van der Waals surface area contributed by atoms with Crippen LogP contribution in [0.2, 0.25) is 0 Å². The average Bonchev–Trinajstić information content (AvgIpc) is 2.63. The van der Waals surface area contributed by atoms with E-state index in [0.717, 1.165) is 19.3 Å². The third kappa shape index (κ3) is 2.31. The summed E-state index contributed by atoms with van der Waals surface area (Å²) in [5.41, 5.74) is 6.88. The Morgan fingerprint density at radius 3 is 2.81 bits per heavy atom. The molecule has 1 fully saturated rings. The molecule has 0 amide bonds. The molecule has 16 heavy (non-hydrogen) atoms. The zero-order chi connectivity index (χ0) is 11.5. The van der Waals surface area contributed by atoms with Crippen LogP contribution in [0, 0.1) is 17.1 Å². The highest BCUT2D eigenvalue weighted by Crippen LogP contribution is 2.22. The second kappa shape index (κ2) is 4.50. The van der Waals surface area contributed by atoms with Gasteiger partial charge in [0.05, 0.1) is 11.6 Å². The fourth-order valence-corrected chi connectivity index (χ4v) is 2.12. The van der Waals surface area contributed by atoms with Crippen molar-refractivity contribution in [2.24, 2.45) is 5.73 Å².